The second kappa shape index (κ2) is 12.9. The molecular weight excluding hydrogens is 248 g/mol. The Labute approximate surface area is 123 Å². The van der Waals surface area contributed by atoms with Gasteiger partial charge in [0.2, 0.25) is 9.12 Å². The van der Waals surface area contributed by atoms with Gasteiger partial charge >= 0.3 is 0 Å². The van der Waals surface area contributed by atoms with Crippen molar-refractivity contribution in [3.8, 4) is 0 Å². The van der Waals surface area contributed by atoms with Crippen LogP contribution in [0.2, 0.25) is 0 Å². The monoisotopic (exact) mass is 284 g/mol. The lowest BCUT2D eigenvalue weighted by Crippen LogP contribution is -2.52. The quantitative estimate of drug-likeness (QED) is 0.395. The molecule has 0 aromatic carbocycles. The van der Waals surface area contributed by atoms with Gasteiger partial charge in [-0.3, -0.25) is 0 Å². The minimum Gasteiger partial charge on any atom is -0.311 e. The maximum absolute atomic E-state index is 2.74. The Bertz CT molecular complexity index is 205. The molecule has 0 rings (SSSR count). The summed E-state index contributed by atoms with van der Waals surface area (Å²) >= 11 is 0. The molecule has 3 heteroatoms. The Morgan fingerprint density at radius 1 is 0.789 bits per heavy atom. The maximum Gasteiger partial charge on any atom is 0.215 e. The van der Waals surface area contributed by atoms with Crippen LogP contribution in [0.1, 0.15) is 66.7 Å². The first kappa shape index (κ1) is 18.9. The van der Waals surface area contributed by atoms with Gasteiger partial charge in [0, 0.05) is 0 Å². The van der Waals surface area contributed by atoms with E-state index in [1.54, 1.807) is 0 Å². The number of unbranched alkanes of at least 4 members (excludes halogenated alkanes) is 2. The second-order valence-electron chi connectivity index (χ2n) is 5.24. The van der Waals surface area contributed by atoms with E-state index in [2.05, 4.69) is 55.5 Å². The molecule has 0 heterocycles. The molecule has 0 aromatic heterocycles. The molecule has 0 unspecified atom stereocenters. The van der Waals surface area contributed by atoms with E-state index in [0.717, 1.165) is 0 Å². The molecule has 0 radical (unpaired) electrons. The molecule has 0 amide bonds. The molecule has 0 aliphatic heterocycles. The number of nitrogens with zero attached hydrogens (tertiary/aromatic N) is 2. The van der Waals surface area contributed by atoms with E-state index in [4.69, 9.17) is 0 Å². The van der Waals surface area contributed by atoms with E-state index in [1.807, 2.05) is 0 Å². The lowest BCUT2D eigenvalue weighted by molar-refractivity contribution is 0.365. The molecule has 0 aliphatic carbocycles. The Hall–Kier alpha value is -0.123. The highest BCUT2D eigenvalue weighted by molar-refractivity contribution is 6.58. The summed E-state index contributed by atoms with van der Waals surface area (Å²) in [6, 6.07) is 0. The summed E-state index contributed by atoms with van der Waals surface area (Å²) in [5.41, 5.74) is 2.58. The minimum atomic E-state index is -1.06. The molecule has 0 saturated heterocycles. The zero-order valence-corrected chi connectivity index (χ0v) is 15.1. The Morgan fingerprint density at radius 3 is 1.68 bits per heavy atom. The van der Waals surface area contributed by atoms with Gasteiger partial charge in [-0.25, -0.2) is 0 Å². The van der Waals surface area contributed by atoms with E-state index < -0.39 is 9.12 Å². The van der Waals surface area contributed by atoms with Crippen molar-refractivity contribution in [2.24, 2.45) is 0 Å². The van der Waals surface area contributed by atoms with Crippen LogP contribution in [0.5, 0.6) is 0 Å². The van der Waals surface area contributed by atoms with Crippen molar-refractivity contribution < 1.29 is 0 Å². The third kappa shape index (κ3) is 7.90. The van der Waals surface area contributed by atoms with Gasteiger partial charge in [0.1, 0.15) is 0 Å². The van der Waals surface area contributed by atoms with Crippen molar-refractivity contribution in [1.29, 1.82) is 0 Å². The fourth-order valence-corrected chi connectivity index (χ4v) is 5.72. The summed E-state index contributed by atoms with van der Waals surface area (Å²) in [7, 11) is -1.06. The van der Waals surface area contributed by atoms with E-state index in [1.165, 1.54) is 58.3 Å². The summed E-state index contributed by atoms with van der Waals surface area (Å²) < 4.78 is 5.48. The van der Waals surface area contributed by atoms with Crippen LogP contribution in [0.25, 0.3) is 0 Å². The molecule has 0 bridgehead atoms. The van der Waals surface area contributed by atoms with Crippen LogP contribution in [-0.2, 0) is 0 Å². The predicted octanol–water partition coefficient (Wildman–Crippen LogP) is 3.96. The highest BCUT2D eigenvalue weighted by atomic mass is 28.3. The Morgan fingerprint density at radius 2 is 1.32 bits per heavy atom. The van der Waals surface area contributed by atoms with Crippen LogP contribution in [-0.4, -0.2) is 44.4 Å². The zero-order valence-electron chi connectivity index (χ0n) is 14.0. The standard InChI is InChI=1S/C16H36N2Si/c1-6-11-12-13-16-19(17(9-4)14-7-2)18(10-5)15-8-3/h13,16,19H,6-12,14-15H2,1-5H3. The van der Waals surface area contributed by atoms with E-state index in [0.29, 0.717) is 0 Å². The summed E-state index contributed by atoms with van der Waals surface area (Å²) in [5.74, 6) is 0. The van der Waals surface area contributed by atoms with Gasteiger partial charge in [-0.15, -0.1) is 0 Å². The number of allylic oxidation sites excluding steroid dienone is 1. The molecule has 114 valence electrons. The van der Waals surface area contributed by atoms with Crippen LogP contribution < -0.4 is 0 Å². The van der Waals surface area contributed by atoms with Crippen molar-refractivity contribution in [2.75, 3.05) is 26.2 Å². The average Bonchev–Trinajstić information content (AvgIpc) is 2.43. The fraction of sp³-hybridized carbons (Fsp3) is 0.875. The lowest BCUT2D eigenvalue weighted by atomic mass is 10.2. The van der Waals surface area contributed by atoms with Crippen LogP contribution in [0, 0.1) is 0 Å². The molecule has 2 nitrogen and oxygen atoms in total. The van der Waals surface area contributed by atoms with Crippen molar-refractivity contribution in [2.45, 2.75) is 66.7 Å². The summed E-state index contributed by atoms with van der Waals surface area (Å²) in [4.78, 5) is 0. The SMILES string of the molecule is CCCCC=C[SiH](N(CC)CCC)N(CC)CCC. The Balaban J connectivity index is 4.71. The van der Waals surface area contributed by atoms with Crippen LogP contribution in [0.15, 0.2) is 11.8 Å². The molecule has 19 heavy (non-hydrogen) atoms. The highest BCUT2D eigenvalue weighted by Gasteiger charge is 2.21. The first-order valence-corrected chi connectivity index (χ1v) is 10.1. The third-order valence-electron chi connectivity index (χ3n) is 3.61. The molecular formula is C16H36N2Si. The van der Waals surface area contributed by atoms with Gasteiger partial charge in [-0.1, -0.05) is 59.2 Å². The van der Waals surface area contributed by atoms with Gasteiger partial charge in [0.05, 0.1) is 0 Å². The van der Waals surface area contributed by atoms with E-state index >= 15 is 0 Å². The van der Waals surface area contributed by atoms with Crippen molar-refractivity contribution in [1.82, 2.24) is 9.13 Å². The van der Waals surface area contributed by atoms with Crippen molar-refractivity contribution in [3.05, 3.63) is 11.8 Å². The Kier molecular flexibility index (Phi) is 12.8. The van der Waals surface area contributed by atoms with Crippen LogP contribution in [0.4, 0.5) is 0 Å². The maximum atomic E-state index is 2.74. The molecule has 0 N–H and O–H groups in total. The van der Waals surface area contributed by atoms with E-state index in [-0.39, 0.29) is 0 Å². The molecule has 0 aromatic rings. The number of hydrogen-bond donors (Lipinski definition) is 0. The third-order valence-corrected chi connectivity index (χ3v) is 6.97. The largest absolute Gasteiger partial charge is 0.311 e. The summed E-state index contributed by atoms with van der Waals surface area (Å²) in [5, 5.41) is 0. The first-order valence-electron chi connectivity index (χ1n) is 8.39. The lowest BCUT2D eigenvalue weighted by Gasteiger charge is -2.35. The smallest absolute Gasteiger partial charge is 0.215 e. The van der Waals surface area contributed by atoms with Gasteiger partial charge in [0.25, 0.3) is 0 Å². The summed E-state index contributed by atoms with van der Waals surface area (Å²) in [6.45, 7) is 16.4. The van der Waals surface area contributed by atoms with Gasteiger partial charge in [-0.05, 0) is 45.4 Å². The van der Waals surface area contributed by atoms with Gasteiger partial charge in [-0.2, -0.15) is 0 Å². The first-order chi connectivity index (χ1) is 9.24. The normalized spacial score (nSPS) is 12.4. The van der Waals surface area contributed by atoms with Crippen molar-refractivity contribution in [3.63, 3.8) is 0 Å². The molecule has 0 spiro atoms. The number of hydrogen-bond acceptors (Lipinski definition) is 2. The predicted molar refractivity (Wildman–Crippen MR) is 90.9 cm³/mol. The molecule has 0 fully saturated rings. The van der Waals surface area contributed by atoms with Gasteiger partial charge in [0.15, 0.2) is 0 Å². The van der Waals surface area contributed by atoms with Crippen LogP contribution in [0.3, 0.4) is 0 Å². The van der Waals surface area contributed by atoms with E-state index in [9.17, 15) is 0 Å². The zero-order chi connectivity index (χ0) is 14.5. The van der Waals surface area contributed by atoms with Gasteiger partial charge < -0.3 is 9.13 Å². The number of rotatable bonds is 12. The molecule has 0 aliphatic rings. The molecule has 0 atom stereocenters. The highest BCUT2D eigenvalue weighted by Crippen LogP contribution is 2.07. The summed E-state index contributed by atoms with van der Waals surface area (Å²) in [6.07, 6.45) is 8.88. The van der Waals surface area contributed by atoms with Crippen LogP contribution >= 0.6 is 0 Å². The topological polar surface area (TPSA) is 6.48 Å². The molecule has 0 saturated carbocycles. The minimum absolute atomic E-state index is 1.06. The average molecular weight is 285 g/mol. The van der Waals surface area contributed by atoms with Crippen molar-refractivity contribution >= 4 is 9.12 Å². The fourth-order valence-electron chi connectivity index (χ4n) is 2.54. The second-order valence-corrected chi connectivity index (χ2v) is 7.91.